The molecule has 1 aromatic rings. The molecule has 0 saturated carbocycles. The van der Waals surface area contributed by atoms with Crippen LogP contribution in [0.5, 0.6) is 5.75 Å². The van der Waals surface area contributed by atoms with Crippen LogP contribution in [0.1, 0.15) is 19.4 Å². The van der Waals surface area contributed by atoms with Gasteiger partial charge in [0.25, 0.3) is 0 Å². The zero-order valence-corrected chi connectivity index (χ0v) is 8.54. The summed E-state index contributed by atoms with van der Waals surface area (Å²) in [5, 5.41) is 0. The fourth-order valence-corrected chi connectivity index (χ4v) is 1.14. The average Bonchev–Trinajstić information content (AvgIpc) is 2.17. The number of alkyl halides is 2. The van der Waals surface area contributed by atoms with E-state index in [2.05, 4.69) is 4.74 Å². The summed E-state index contributed by atoms with van der Waals surface area (Å²) in [7, 11) is 0. The number of aldehydes is 1. The third-order valence-corrected chi connectivity index (χ3v) is 2.10. The molecule has 82 valence electrons. The molecule has 0 aliphatic heterocycles. The summed E-state index contributed by atoms with van der Waals surface area (Å²) < 4.78 is 28.1. The predicted octanol–water partition coefficient (Wildman–Crippen LogP) is 2.76. The number of carbonyl (C=O) groups is 1. The van der Waals surface area contributed by atoms with Crippen LogP contribution in [-0.4, -0.2) is 12.9 Å². The minimum Gasteiger partial charge on any atom is -0.435 e. The van der Waals surface area contributed by atoms with E-state index in [1.54, 1.807) is 26.0 Å². The van der Waals surface area contributed by atoms with Gasteiger partial charge in [-0.25, -0.2) is 0 Å². The smallest absolute Gasteiger partial charge is 0.387 e. The summed E-state index contributed by atoms with van der Waals surface area (Å²) >= 11 is 0. The topological polar surface area (TPSA) is 26.3 Å². The van der Waals surface area contributed by atoms with Gasteiger partial charge in [0.1, 0.15) is 12.0 Å². The molecule has 0 aromatic heterocycles. The standard InChI is InChI=1S/C11H12F2O2/c1-11(2,7-14)8-4-3-5-9(6-8)15-10(12)13/h3-7,10H,1-2H3. The van der Waals surface area contributed by atoms with E-state index < -0.39 is 12.0 Å². The molecule has 0 aliphatic carbocycles. The molecule has 15 heavy (non-hydrogen) atoms. The Morgan fingerprint density at radius 2 is 2.07 bits per heavy atom. The SMILES string of the molecule is CC(C)(C=O)c1cccc(OC(F)F)c1. The molecule has 0 radical (unpaired) electrons. The molecule has 1 rings (SSSR count). The Morgan fingerprint density at radius 1 is 1.40 bits per heavy atom. The first-order chi connectivity index (χ1) is 6.95. The first-order valence-electron chi connectivity index (χ1n) is 4.47. The van der Waals surface area contributed by atoms with Gasteiger partial charge in [0.15, 0.2) is 0 Å². The Balaban J connectivity index is 2.97. The Hall–Kier alpha value is -1.45. The van der Waals surface area contributed by atoms with Crippen molar-refractivity contribution in [3.63, 3.8) is 0 Å². The highest BCUT2D eigenvalue weighted by molar-refractivity contribution is 5.67. The summed E-state index contributed by atoms with van der Waals surface area (Å²) in [6.07, 6.45) is 0.772. The Kier molecular flexibility index (Phi) is 3.39. The molecule has 0 N–H and O–H groups in total. The number of hydrogen-bond acceptors (Lipinski definition) is 2. The molecular formula is C11H12F2O2. The van der Waals surface area contributed by atoms with E-state index in [-0.39, 0.29) is 5.75 Å². The lowest BCUT2D eigenvalue weighted by Gasteiger charge is -2.18. The van der Waals surface area contributed by atoms with E-state index in [4.69, 9.17) is 0 Å². The van der Waals surface area contributed by atoms with Crippen molar-refractivity contribution in [3.05, 3.63) is 29.8 Å². The summed E-state index contributed by atoms with van der Waals surface area (Å²) in [6.45, 7) is 0.572. The van der Waals surface area contributed by atoms with Crippen LogP contribution in [0.4, 0.5) is 8.78 Å². The normalized spacial score (nSPS) is 11.5. The number of benzene rings is 1. The van der Waals surface area contributed by atoms with Crippen molar-refractivity contribution in [3.8, 4) is 5.75 Å². The van der Waals surface area contributed by atoms with Crippen LogP contribution >= 0.6 is 0 Å². The van der Waals surface area contributed by atoms with E-state index in [9.17, 15) is 13.6 Å². The maximum absolute atomic E-state index is 11.9. The van der Waals surface area contributed by atoms with Gasteiger partial charge >= 0.3 is 6.61 Å². The molecular weight excluding hydrogens is 202 g/mol. The number of halogens is 2. The minimum absolute atomic E-state index is 0.0671. The van der Waals surface area contributed by atoms with Gasteiger partial charge in [-0.3, -0.25) is 0 Å². The molecule has 1 aromatic carbocycles. The lowest BCUT2D eigenvalue weighted by Crippen LogP contribution is -2.18. The van der Waals surface area contributed by atoms with Crippen LogP contribution < -0.4 is 4.74 Å². The van der Waals surface area contributed by atoms with Crippen molar-refractivity contribution in [2.45, 2.75) is 25.9 Å². The quantitative estimate of drug-likeness (QED) is 0.720. The molecule has 0 unspecified atom stereocenters. The molecule has 0 saturated heterocycles. The zero-order valence-electron chi connectivity index (χ0n) is 8.54. The summed E-state index contributed by atoms with van der Waals surface area (Å²) in [5.74, 6) is 0.0671. The van der Waals surface area contributed by atoms with Gasteiger partial charge in [-0.1, -0.05) is 12.1 Å². The molecule has 4 heteroatoms. The number of rotatable bonds is 4. The van der Waals surface area contributed by atoms with Gasteiger partial charge in [-0.2, -0.15) is 8.78 Å². The van der Waals surface area contributed by atoms with Crippen molar-refractivity contribution < 1.29 is 18.3 Å². The zero-order chi connectivity index (χ0) is 11.5. The van der Waals surface area contributed by atoms with Gasteiger partial charge in [-0.15, -0.1) is 0 Å². The van der Waals surface area contributed by atoms with Gasteiger partial charge in [0.05, 0.1) is 0 Å². The average molecular weight is 214 g/mol. The fourth-order valence-electron chi connectivity index (χ4n) is 1.14. The Labute approximate surface area is 86.9 Å². The van der Waals surface area contributed by atoms with Crippen molar-refractivity contribution in [1.82, 2.24) is 0 Å². The molecule has 0 aliphatic rings. The predicted molar refractivity (Wildman–Crippen MR) is 52.2 cm³/mol. The second kappa shape index (κ2) is 4.38. The van der Waals surface area contributed by atoms with Gasteiger partial charge in [-0.05, 0) is 31.5 Å². The van der Waals surface area contributed by atoms with Crippen molar-refractivity contribution >= 4 is 6.29 Å². The largest absolute Gasteiger partial charge is 0.435 e. The highest BCUT2D eigenvalue weighted by atomic mass is 19.3. The van der Waals surface area contributed by atoms with Crippen molar-refractivity contribution in [2.24, 2.45) is 0 Å². The molecule has 0 heterocycles. The third-order valence-electron chi connectivity index (χ3n) is 2.10. The number of hydrogen-bond donors (Lipinski definition) is 0. The van der Waals surface area contributed by atoms with Gasteiger partial charge < -0.3 is 9.53 Å². The maximum Gasteiger partial charge on any atom is 0.387 e. The monoisotopic (exact) mass is 214 g/mol. The number of carbonyl (C=O) groups excluding carboxylic acids is 1. The van der Waals surface area contributed by atoms with E-state index >= 15 is 0 Å². The highest BCUT2D eigenvalue weighted by Crippen LogP contribution is 2.25. The Morgan fingerprint density at radius 3 is 2.60 bits per heavy atom. The van der Waals surface area contributed by atoms with E-state index in [1.807, 2.05) is 0 Å². The molecule has 0 fully saturated rings. The second-order valence-corrected chi connectivity index (χ2v) is 3.75. The van der Waals surface area contributed by atoms with Gasteiger partial charge in [0.2, 0.25) is 0 Å². The second-order valence-electron chi connectivity index (χ2n) is 3.75. The summed E-state index contributed by atoms with van der Waals surface area (Å²) in [6, 6.07) is 6.15. The van der Waals surface area contributed by atoms with Crippen LogP contribution in [0.2, 0.25) is 0 Å². The maximum atomic E-state index is 11.9. The number of ether oxygens (including phenoxy) is 1. The van der Waals surface area contributed by atoms with Crippen LogP contribution in [0.3, 0.4) is 0 Å². The lowest BCUT2D eigenvalue weighted by atomic mass is 9.86. The molecule has 0 atom stereocenters. The lowest BCUT2D eigenvalue weighted by molar-refractivity contribution is -0.111. The van der Waals surface area contributed by atoms with E-state index in [1.165, 1.54) is 12.1 Å². The van der Waals surface area contributed by atoms with Gasteiger partial charge in [0, 0.05) is 5.41 Å². The van der Waals surface area contributed by atoms with E-state index in [0.29, 0.717) is 5.56 Å². The summed E-state index contributed by atoms with van der Waals surface area (Å²) in [4.78, 5) is 10.8. The molecule has 0 spiro atoms. The van der Waals surface area contributed by atoms with Crippen LogP contribution in [0.25, 0.3) is 0 Å². The minimum atomic E-state index is -2.85. The highest BCUT2D eigenvalue weighted by Gasteiger charge is 2.20. The molecule has 0 bridgehead atoms. The van der Waals surface area contributed by atoms with E-state index in [0.717, 1.165) is 6.29 Å². The third kappa shape index (κ3) is 3.01. The van der Waals surface area contributed by atoms with Crippen LogP contribution in [0.15, 0.2) is 24.3 Å². The van der Waals surface area contributed by atoms with Crippen LogP contribution in [-0.2, 0) is 10.2 Å². The molecule has 0 amide bonds. The first-order valence-corrected chi connectivity index (χ1v) is 4.47. The molecule has 2 nitrogen and oxygen atoms in total. The van der Waals surface area contributed by atoms with Crippen molar-refractivity contribution in [1.29, 1.82) is 0 Å². The van der Waals surface area contributed by atoms with Crippen molar-refractivity contribution in [2.75, 3.05) is 0 Å². The fraction of sp³-hybridized carbons (Fsp3) is 0.364. The Bertz CT molecular complexity index is 348. The summed E-state index contributed by atoms with van der Waals surface area (Å²) in [5.41, 5.74) is -0.0442. The first kappa shape index (κ1) is 11.6. The van der Waals surface area contributed by atoms with Crippen LogP contribution in [0, 0.1) is 0 Å².